The number of fused-ring (bicyclic) bond motifs is 1. The van der Waals surface area contributed by atoms with Crippen LogP contribution in [0.2, 0.25) is 0 Å². The first-order valence-corrected chi connectivity index (χ1v) is 4.40. The second kappa shape index (κ2) is 2.95. The van der Waals surface area contributed by atoms with Crippen molar-refractivity contribution in [2.24, 2.45) is 0 Å². The molecule has 1 aromatic carbocycles. The summed E-state index contributed by atoms with van der Waals surface area (Å²) in [6, 6.07) is 10.0. The van der Waals surface area contributed by atoms with E-state index in [9.17, 15) is 4.79 Å². The Morgan fingerprint density at radius 3 is 2.92 bits per heavy atom. The summed E-state index contributed by atoms with van der Waals surface area (Å²) >= 11 is 1.58. The quantitative estimate of drug-likeness (QED) is 0.701. The van der Waals surface area contributed by atoms with Crippen molar-refractivity contribution >= 4 is 32.8 Å². The lowest BCUT2D eigenvalue weighted by atomic mass is 10.3. The van der Waals surface area contributed by atoms with Crippen LogP contribution in [-0.2, 0) is 4.79 Å². The zero-order valence-corrected chi connectivity index (χ0v) is 7.10. The van der Waals surface area contributed by atoms with Crippen LogP contribution in [0.3, 0.4) is 0 Å². The van der Waals surface area contributed by atoms with Crippen LogP contribution < -0.4 is 5.32 Å². The predicted molar refractivity (Wildman–Crippen MR) is 51.5 cm³/mol. The van der Waals surface area contributed by atoms with Crippen molar-refractivity contribution in [1.29, 1.82) is 0 Å². The molecule has 0 fully saturated rings. The summed E-state index contributed by atoms with van der Waals surface area (Å²) in [6.45, 7) is 0. The average Bonchev–Trinajstić information content (AvgIpc) is 2.47. The second-order valence-corrected chi connectivity index (χ2v) is 3.49. The molecule has 1 amide bonds. The van der Waals surface area contributed by atoms with Crippen LogP contribution in [0.5, 0.6) is 0 Å². The van der Waals surface area contributed by atoms with Crippen molar-refractivity contribution in [2.75, 3.05) is 5.32 Å². The molecule has 0 spiro atoms. The molecule has 2 nitrogen and oxygen atoms in total. The van der Waals surface area contributed by atoms with E-state index in [0.29, 0.717) is 6.41 Å². The Bertz CT molecular complexity index is 375. The Morgan fingerprint density at radius 2 is 2.17 bits per heavy atom. The molecular weight excluding hydrogens is 170 g/mol. The molecule has 0 atom stereocenters. The first kappa shape index (κ1) is 7.31. The molecule has 1 heterocycles. The van der Waals surface area contributed by atoms with E-state index in [-0.39, 0.29) is 0 Å². The minimum absolute atomic E-state index is 0.699. The third-order valence-corrected chi connectivity index (χ3v) is 2.67. The molecule has 0 bridgehead atoms. The lowest BCUT2D eigenvalue weighted by Crippen LogP contribution is -1.88. The van der Waals surface area contributed by atoms with Crippen molar-refractivity contribution in [1.82, 2.24) is 0 Å². The number of anilines is 1. The van der Waals surface area contributed by atoms with E-state index >= 15 is 0 Å². The van der Waals surface area contributed by atoms with Gasteiger partial charge in [-0.3, -0.25) is 4.79 Å². The zero-order chi connectivity index (χ0) is 8.39. The van der Waals surface area contributed by atoms with Crippen molar-refractivity contribution in [3.8, 4) is 0 Å². The van der Waals surface area contributed by atoms with Gasteiger partial charge in [0.05, 0.1) is 5.00 Å². The van der Waals surface area contributed by atoms with Crippen LogP contribution in [0.15, 0.2) is 30.3 Å². The molecular formula is C9H7NOS. The minimum atomic E-state index is 0.699. The molecule has 0 saturated heterocycles. The van der Waals surface area contributed by atoms with Gasteiger partial charge < -0.3 is 5.32 Å². The maximum Gasteiger partial charge on any atom is 0.212 e. The molecule has 0 aliphatic rings. The van der Waals surface area contributed by atoms with Gasteiger partial charge in [0, 0.05) is 4.70 Å². The summed E-state index contributed by atoms with van der Waals surface area (Å²) in [4.78, 5) is 10.1. The Balaban J connectivity index is 2.54. The molecule has 3 heteroatoms. The number of hydrogen-bond acceptors (Lipinski definition) is 2. The van der Waals surface area contributed by atoms with Gasteiger partial charge in [-0.2, -0.15) is 0 Å². The van der Waals surface area contributed by atoms with Gasteiger partial charge in [0.25, 0.3) is 0 Å². The molecule has 0 unspecified atom stereocenters. The molecule has 0 saturated carbocycles. The summed E-state index contributed by atoms with van der Waals surface area (Å²) < 4.78 is 1.20. The van der Waals surface area contributed by atoms with E-state index in [1.54, 1.807) is 11.3 Å². The Kier molecular flexibility index (Phi) is 1.80. The fourth-order valence-corrected chi connectivity index (χ4v) is 2.03. The van der Waals surface area contributed by atoms with Crippen molar-refractivity contribution in [2.45, 2.75) is 0 Å². The topological polar surface area (TPSA) is 29.1 Å². The molecule has 2 rings (SSSR count). The second-order valence-electron chi connectivity index (χ2n) is 2.41. The third-order valence-electron chi connectivity index (χ3n) is 1.63. The van der Waals surface area contributed by atoms with E-state index in [1.165, 1.54) is 10.1 Å². The summed E-state index contributed by atoms with van der Waals surface area (Å²) in [5, 5.41) is 4.70. The molecule has 1 aromatic heterocycles. The molecule has 2 aromatic rings. The fourth-order valence-electron chi connectivity index (χ4n) is 1.11. The van der Waals surface area contributed by atoms with Crippen molar-refractivity contribution < 1.29 is 4.79 Å². The van der Waals surface area contributed by atoms with Crippen LogP contribution in [0.4, 0.5) is 5.00 Å². The monoisotopic (exact) mass is 177 g/mol. The summed E-state index contributed by atoms with van der Waals surface area (Å²) in [5.41, 5.74) is 0. The van der Waals surface area contributed by atoms with Gasteiger partial charge in [-0.05, 0) is 17.5 Å². The number of benzene rings is 1. The van der Waals surface area contributed by atoms with E-state index in [1.807, 2.05) is 30.3 Å². The predicted octanol–water partition coefficient (Wildman–Crippen LogP) is 2.47. The number of hydrogen-bond donors (Lipinski definition) is 1. The highest BCUT2D eigenvalue weighted by Crippen LogP contribution is 2.28. The summed E-state index contributed by atoms with van der Waals surface area (Å²) in [6.07, 6.45) is 0.699. The van der Waals surface area contributed by atoms with E-state index in [4.69, 9.17) is 0 Å². The highest BCUT2D eigenvalue weighted by atomic mass is 32.1. The van der Waals surface area contributed by atoms with Gasteiger partial charge in [-0.25, -0.2) is 0 Å². The van der Waals surface area contributed by atoms with Gasteiger partial charge in [0.15, 0.2) is 0 Å². The van der Waals surface area contributed by atoms with Crippen molar-refractivity contribution in [3.05, 3.63) is 30.3 Å². The molecule has 12 heavy (non-hydrogen) atoms. The molecule has 1 N–H and O–H groups in total. The van der Waals surface area contributed by atoms with Crippen LogP contribution in [0.1, 0.15) is 0 Å². The number of amides is 1. The number of carbonyl (C=O) groups is 1. The maximum atomic E-state index is 10.1. The van der Waals surface area contributed by atoms with Crippen LogP contribution in [0, 0.1) is 0 Å². The number of rotatable bonds is 2. The summed E-state index contributed by atoms with van der Waals surface area (Å²) in [7, 11) is 0. The number of carbonyl (C=O) groups excluding carboxylic acids is 1. The first-order chi connectivity index (χ1) is 5.90. The normalized spacial score (nSPS) is 10.0. The number of thiophene rings is 1. The summed E-state index contributed by atoms with van der Waals surface area (Å²) in [5.74, 6) is 0. The SMILES string of the molecule is O=CNc1cc2ccccc2s1. The highest BCUT2D eigenvalue weighted by Gasteiger charge is 1.97. The van der Waals surface area contributed by atoms with Crippen LogP contribution in [-0.4, -0.2) is 6.41 Å². The standard InChI is InChI=1S/C9H7NOS/c11-6-10-9-5-7-3-1-2-4-8(7)12-9/h1-6H,(H,10,11). The highest BCUT2D eigenvalue weighted by molar-refractivity contribution is 7.22. The van der Waals surface area contributed by atoms with Gasteiger partial charge in [-0.1, -0.05) is 18.2 Å². The van der Waals surface area contributed by atoms with Gasteiger partial charge in [-0.15, -0.1) is 11.3 Å². The Morgan fingerprint density at radius 1 is 1.33 bits per heavy atom. The fraction of sp³-hybridized carbons (Fsp3) is 0. The first-order valence-electron chi connectivity index (χ1n) is 3.59. The Labute approximate surface area is 73.8 Å². The van der Waals surface area contributed by atoms with Crippen LogP contribution >= 0.6 is 11.3 Å². The van der Waals surface area contributed by atoms with E-state index < -0.39 is 0 Å². The average molecular weight is 177 g/mol. The lowest BCUT2D eigenvalue weighted by Gasteiger charge is -1.85. The molecule has 0 aliphatic carbocycles. The molecule has 0 aliphatic heterocycles. The van der Waals surface area contributed by atoms with Crippen molar-refractivity contribution in [3.63, 3.8) is 0 Å². The largest absolute Gasteiger partial charge is 0.320 e. The van der Waals surface area contributed by atoms with Gasteiger partial charge >= 0.3 is 0 Å². The van der Waals surface area contributed by atoms with Gasteiger partial charge in [0.2, 0.25) is 6.41 Å². The van der Waals surface area contributed by atoms with E-state index in [2.05, 4.69) is 5.32 Å². The zero-order valence-electron chi connectivity index (χ0n) is 6.28. The third kappa shape index (κ3) is 1.19. The Hall–Kier alpha value is -1.35. The minimum Gasteiger partial charge on any atom is -0.320 e. The molecule has 0 radical (unpaired) electrons. The maximum absolute atomic E-state index is 10.1. The lowest BCUT2D eigenvalue weighted by molar-refractivity contribution is -0.105. The van der Waals surface area contributed by atoms with Crippen LogP contribution in [0.25, 0.3) is 10.1 Å². The number of nitrogens with one attached hydrogen (secondary N) is 1. The smallest absolute Gasteiger partial charge is 0.212 e. The van der Waals surface area contributed by atoms with E-state index in [0.717, 1.165) is 5.00 Å². The van der Waals surface area contributed by atoms with Gasteiger partial charge in [0.1, 0.15) is 0 Å². The molecule has 60 valence electrons.